The number of aromatic nitrogens is 2. The topological polar surface area (TPSA) is 110 Å². The van der Waals surface area contributed by atoms with Gasteiger partial charge in [0.2, 0.25) is 0 Å². The van der Waals surface area contributed by atoms with Gasteiger partial charge in [0.05, 0.1) is 18.6 Å². The molecule has 138 valence electrons. The predicted molar refractivity (Wildman–Crippen MR) is 93.8 cm³/mol. The van der Waals surface area contributed by atoms with Gasteiger partial charge in [0.15, 0.2) is 5.69 Å². The molecule has 1 aliphatic rings. The highest BCUT2D eigenvalue weighted by atomic mass is 16.5. The van der Waals surface area contributed by atoms with Crippen molar-refractivity contribution in [3.05, 3.63) is 40.3 Å². The van der Waals surface area contributed by atoms with Gasteiger partial charge in [0.1, 0.15) is 6.04 Å². The minimum atomic E-state index is -0.824. The fourth-order valence-corrected chi connectivity index (χ4v) is 3.13. The molecule has 2 unspecified atom stereocenters. The highest BCUT2D eigenvalue weighted by Gasteiger charge is 2.33. The highest BCUT2D eigenvalue weighted by Crippen LogP contribution is 2.20. The van der Waals surface area contributed by atoms with Crippen LogP contribution in [0, 0.1) is 5.92 Å². The van der Waals surface area contributed by atoms with E-state index < -0.39 is 17.9 Å². The third kappa shape index (κ3) is 3.75. The van der Waals surface area contributed by atoms with Gasteiger partial charge in [-0.3, -0.25) is 9.59 Å². The van der Waals surface area contributed by atoms with Crippen LogP contribution in [-0.4, -0.2) is 47.9 Å². The number of aromatic amines is 1. The van der Waals surface area contributed by atoms with Gasteiger partial charge in [-0.25, -0.2) is 9.89 Å². The Bertz CT molecular complexity index is 857. The smallest absolute Gasteiger partial charge is 0.329 e. The second-order valence-electron chi connectivity index (χ2n) is 6.13. The van der Waals surface area contributed by atoms with Gasteiger partial charge in [-0.1, -0.05) is 18.2 Å². The normalized spacial score (nSPS) is 18.3. The Morgan fingerprint density at radius 2 is 2.15 bits per heavy atom. The van der Waals surface area contributed by atoms with Crippen molar-refractivity contribution in [3.8, 4) is 0 Å². The van der Waals surface area contributed by atoms with E-state index in [1.807, 2.05) is 0 Å². The minimum absolute atomic E-state index is 0.0613. The summed E-state index contributed by atoms with van der Waals surface area (Å²) in [5, 5.41) is 9.71. The lowest BCUT2D eigenvalue weighted by Crippen LogP contribution is -2.49. The zero-order valence-electron chi connectivity index (χ0n) is 14.5. The summed E-state index contributed by atoms with van der Waals surface area (Å²) in [5.41, 5.74) is -0.314. The molecular formula is C18H21N3O5. The Morgan fingerprint density at radius 3 is 2.85 bits per heavy atom. The van der Waals surface area contributed by atoms with Crippen molar-refractivity contribution in [3.63, 3.8) is 0 Å². The van der Waals surface area contributed by atoms with Crippen molar-refractivity contribution in [2.45, 2.75) is 25.8 Å². The molecule has 0 radical (unpaired) electrons. The van der Waals surface area contributed by atoms with Gasteiger partial charge in [-0.2, -0.15) is 5.10 Å². The molecule has 2 heterocycles. The van der Waals surface area contributed by atoms with Crippen molar-refractivity contribution in [2.75, 3.05) is 19.8 Å². The first-order valence-corrected chi connectivity index (χ1v) is 8.64. The first-order valence-electron chi connectivity index (χ1n) is 8.64. The molecule has 0 spiro atoms. The molecule has 3 rings (SSSR count). The molecule has 2 aromatic rings. The molecule has 1 fully saturated rings. The van der Waals surface area contributed by atoms with Crippen LogP contribution in [-0.2, 0) is 14.3 Å². The molecule has 0 bridgehead atoms. The van der Waals surface area contributed by atoms with E-state index >= 15 is 0 Å². The third-order valence-electron chi connectivity index (χ3n) is 4.41. The molecule has 0 aliphatic carbocycles. The first-order chi connectivity index (χ1) is 12.6. The van der Waals surface area contributed by atoms with Crippen LogP contribution in [0.25, 0.3) is 10.8 Å². The third-order valence-corrected chi connectivity index (χ3v) is 4.41. The number of fused-ring (bicyclic) bond motifs is 1. The summed E-state index contributed by atoms with van der Waals surface area (Å²) in [6.07, 6.45) is 1.57. The van der Waals surface area contributed by atoms with Gasteiger partial charge in [0.25, 0.3) is 11.5 Å². The van der Waals surface area contributed by atoms with Crippen LogP contribution < -0.4 is 10.9 Å². The molecule has 26 heavy (non-hydrogen) atoms. The van der Waals surface area contributed by atoms with Gasteiger partial charge in [0, 0.05) is 17.9 Å². The summed E-state index contributed by atoms with van der Waals surface area (Å²) in [7, 11) is 0. The summed E-state index contributed by atoms with van der Waals surface area (Å²) in [4.78, 5) is 37.0. The highest BCUT2D eigenvalue weighted by molar-refractivity contribution is 6.05. The van der Waals surface area contributed by atoms with E-state index in [2.05, 4.69) is 15.5 Å². The predicted octanol–water partition coefficient (Wildman–Crippen LogP) is 1.01. The van der Waals surface area contributed by atoms with Crippen molar-refractivity contribution in [1.29, 1.82) is 0 Å². The Morgan fingerprint density at radius 1 is 1.38 bits per heavy atom. The molecule has 1 aliphatic heterocycles. The van der Waals surface area contributed by atoms with Crippen LogP contribution in [0.5, 0.6) is 0 Å². The molecule has 1 aromatic heterocycles. The SMILES string of the molecule is CCOC(=O)C(NC(=O)c1n[nH]c(=O)c2ccccc12)C1CCCOC1. The van der Waals surface area contributed by atoms with E-state index in [0.29, 0.717) is 24.0 Å². The van der Waals surface area contributed by atoms with Gasteiger partial charge >= 0.3 is 5.97 Å². The maximum atomic E-state index is 12.8. The molecule has 1 aromatic carbocycles. The van der Waals surface area contributed by atoms with Gasteiger partial charge < -0.3 is 14.8 Å². The number of esters is 1. The maximum absolute atomic E-state index is 12.8. The molecule has 1 saturated heterocycles. The lowest BCUT2D eigenvalue weighted by molar-refractivity contribution is -0.148. The number of rotatable bonds is 5. The van der Waals surface area contributed by atoms with E-state index in [1.165, 1.54) is 0 Å². The van der Waals surface area contributed by atoms with Crippen LogP contribution in [0.15, 0.2) is 29.1 Å². The number of benzene rings is 1. The summed E-state index contributed by atoms with van der Waals surface area (Å²) in [5.74, 6) is -1.20. The van der Waals surface area contributed by atoms with Crippen LogP contribution in [0.1, 0.15) is 30.3 Å². The van der Waals surface area contributed by atoms with E-state index in [1.54, 1.807) is 31.2 Å². The fourth-order valence-electron chi connectivity index (χ4n) is 3.13. The van der Waals surface area contributed by atoms with Crippen molar-refractivity contribution in [1.82, 2.24) is 15.5 Å². The summed E-state index contributed by atoms with van der Waals surface area (Å²) in [6.45, 7) is 2.96. The minimum Gasteiger partial charge on any atom is -0.464 e. The number of amides is 1. The van der Waals surface area contributed by atoms with Crippen LogP contribution in [0.4, 0.5) is 0 Å². The second-order valence-corrected chi connectivity index (χ2v) is 6.13. The Labute approximate surface area is 149 Å². The lowest BCUT2D eigenvalue weighted by atomic mass is 9.93. The average Bonchev–Trinajstić information content (AvgIpc) is 2.67. The van der Waals surface area contributed by atoms with Gasteiger partial charge in [-0.05, 0) is 25.8 Å². The van der Waals surface area contributed by atoms with Crippen molar-refractivity contribution >= 4 is 22.6 Å². The molecule has 1 amide bonds. The molecule has 0 saturated carbocycles. The largest absolute Gasteiger partial charge is 0.464 e. The van der Waals surface area contributed by atoms with E-state index in [-0.39, 0.29) is 23.8 Å². The Balaban J connectivity index is 1.89. The fraction of sp³-hybridized carbons (Fsp3) is 0.444. The summed E-state index contributed by atoms with van der Waals surface area (Å²) in [6, 6.07) is 5.87. The summed E-state index contributed by atoms with van der Waals surface area (Å²) < 4.78 is 10.6. The Kier molecular flexibility index (Phi) is 5.62. The number of H-pyrrole nitrogens is 1. The van der Waals surface area contributed by atoms with Crippen LogP contribution in [0.2, 0.25) is 0 Å². The molecule has 2 atom stereocenters. The monoisotopic (exact) mass is 359 g/mol. The number of hydrogen-bond acceptors (Lipinski definition) is 6. The maximum Gasteiger partial charge on any atom is 0.329 e. The molecular weight excluding hydrogens is 338 g/mol. The van der Waals surface area contributed by atoms with E-state index in [0.717, 1.165) is 12.8 Å². The average molecular weight is 359 g/mol. The van der Waals surface area contributed by atoms with Crippen molar-refractivity contribution < 1.29 is 19.1 Å². The van der Waals surface area contributed by atoms with Crippen LogP contribution in [0.3, 0.4) is 0 Å². The number of carbonyl (C=O) groups is 2. The van der Waals surface area contributed by atoms with Crippen molar-refractivity contribution in [2.24, 2.45) is 5.92 Å². The van der Waals surface area contributed by atoms with E-state index in [4.69, 9.17) is 9.47 Å². The number of carbonyl (C=O) groups excluding carboxylic acids is 2. The quantitative estimate of drug-likeness (QED) is 0.771. The molecule has 8 nitrogen and oxygen atoms in total. The zero-order chi connectivity index (χ0) is 18.5. The Hall–Kier alpha value is -2.74. The standard InChI is InChI=1S/C18H21N3O5/c1-2-26-18(24)14(11-6-5-9-25-10-11)19-17(23)15-12-7-3-4-8-13(12)16(22)21-20-15/h3-4,7-8,11,14H,2,5-6,9-10H2,1H3,(H,19,23)(H,21,22). The summed E-state index contributed by atoms with van der Waals surface area (Å²) >= 11 is 0. The number of nitrogens with zero attached hydrogens (tertiary/aromatic N) is 1. The molecule has 2 N–H and O–H groups in total. The van der Waals surface area contributed by atoms with E-state index in [9.17, 15) is 14.4 Å². The van der Waals surface area contributed by atoms with Crippen LogP contribution >= 0.6 is 0 Å². The number of nitrogens with one attached hydrogen (secondary N) is 2. The number of ether oxygens (including phenoxy) is 2. The lowest BCUT2D eigenvalue weighted by Gasteiger charge is -2.29. The van der Waals surface area contributed by atoms with Gasteiger partial charge in [-0.15, -0.1) is 0 Å². The zero-order valence-corrected chi connectivity index (χ0v) is 14.5. The second kappa shape index (κ2) is 8.09. The number of hydrogen-bond donors (Lipinski definition) is 2. The molecule has 8 heteroatoms. The first kappa shape index (κ1) is 18.1.